The van der Waals surface area contributed by atoms with Crippen LogP contribution in [-0.2, 0) is 6.42 Å². The summed E-state index contributed by atoms with van der Waals surface area (Å²) in [5.41, 5.74) is 3.47. The first kappa shape index (κ1) is 16.6. The lowest BCUT2D eigenvalue weighted by atomic mass is 9.84. The zero-order chi connectivity index (χ0) is 16.5. The lowest BCUT2D eigenvalue weighted by molar-refractivity contribution is -0.211. The summed E-state index contributed by atoms with van der Waals surface area (Å²) in [6, 6.07) is 13.7. The number of halogens is 3. The number of rotatable bonds is 3. The van der Waals surface area contributed by atoms with E-state index in [1.54, 1.807) is 12.1 Å². The SMILES string of the molecule is Cc1cc(C)cc(-c2ccc(CC(C)(C)C(F)(F)F)cc2)c1. The molecule has 2 rings (SSSR count). The van der Waals surface area contributed by atoms with E-state index >= 15 is 0 Å². The molecule has 2 aromatic rings. The lowest BCUT2D eigenvalue weighted by Crippen LogP contribution is -2.34. The molecule has 3 heteroatoms. The summed E-state index contributed by atoms with van der Waals surface area (Å²) in [5, 5.41) is 0. The third kappa shape index (κ3) is 3.70. The topological polar surface area (TPSA) is 0 Å². The van der Waals surface area contributed by atoms with Gasteiger partial charge in [0.15, 0.2) is 0 Å². The molecule has 0 aromatic heterocycles. The Morgan fingerprint density at radius 1 is 0.773 bits per heavy atom. The van der Waals surface area contributed by atoms with Gasteiger partial charge in [-0.25, -0.2) is 0 Å². The van der Waals surface area contributed by atoms with Gasteiger partial charge in [-0.15, -0.1) is 0 Å². The van der Waals surface area contributed by atoms with Gasteiger partial charge in [0.25, 0.3) is 0 Å². The summed E-state index contributed by atoms with van der Waals surface area (Å²) in [4.78, 5) is 0. The normalized spacial score (nSPS) is 12.5. The highest BCUT2D eigenvalue weighted by atomic mass is 19.4. The summed E-state index contributed by atoms with van der Waals surface area (Å²) in [5.74, 6) is 0. The monoisotopic (exact) mass is 306 g/mol. The fourth-order valence-electron chi connectivity index (χ4n) is 2.57. The minimum atomic E-state index is -4.20. The van der Waals surface area contributed by atoms with Gasteiger partial charge in [-0.2, -0.15) is 13.2 Å². The highest BCUT2D eigenvalue weighted by Gasteiger charge is 2.46. The van der Waals surface area contributed by atoms with Crippen LogP contribution in [0.25, 0.3) is 11.1 Å². The molecule has 0 radical (unpaired) electrons. The van der Waals surface area contributed by atoms with E-state index in [0.29, 0.717) is 5.56 Å². The van der Waals surface area contributed by atoms with Crippen molar-refractivity contribution in [2.75, 3.05) is 0 Å². The van der Waals surface area contributed by atoms with Crippen LogP contribution in [0.2, 0.25) is 0 Å². The van der Waals surface area contributed by atoms with E-state index in [4.69, 9.17) is 0 Å². The van der Waals surface area contributed by atoms with Crippen molar-refractivity contribution in [3.8, 4) is 11.1 Å². The predicted octanol–water partition coefficient (Wildman–Crippen LogP) is 6.10. The molecule has 0 bridgehead atoms. The Kier molecular flexibility index (Phi) is 4.37. The largest absolute Gasteiger partial charge is 0.394 e. The van der Waals surface area contributed by atoms with Crippen molar-refractivity contribution in [1.82, 2.24) is 0 Å². The van der Waals surface area contributed by atoms with Gasteiger partial charge < -0.3 is 0 Å². The molecule has 0 aliphatic rings. The third-order valence-corrected chi connectivity index (χ3v) is 3.92. The highest BCUT2D eigenvalue weighted by Crippen LogP contribution is 2.40. The Labute approximate surface area is 130 Å². The second-order valence-electron chi connectivity index (χ2n) is 6.63. The number of alkyl halides is 3. The summed E-state index contributed by atoms with van der Waals surface area (Å²) in [7, 11) is 0. The molecule has 0 heterocycles. The van der Waals surface area contributed by atoms with Crippen LogP contribution in [0.5, 0.6) is 0 Å². The molecule has 0 aliphatic heterocycles. The Balaban J connectivity index is 2.24. The smallest absolute Gasteiger partial charge is 0.171 e. The van der Waals surface area contributed by atoms with Crippen molar-refractivity contribution in [3.05, 3.63) is 59.2 Å². The second kappa shape index (κ2) is 5.79. The van der Waals surface area contributed by atoms with Gasteiger partial charge in [-0.05, 0) is 37.0 Å². The molecule has 0 saturated heterocycles. The quantitative estimate of drug-likeness (QED) is 0.642. The maximum absolute atomic E-state index is 13.0. The summed E-state index contributed by atoms with van der Waals surface area (Å²) in [6.45, 7) is 6.56. The fraction of sp³-hybridized carbons (Fsp3) is 0.368. The molecule has 118 valence electrons. The van der Waals surface area contributed by atoms with Crippen LogP contribution in [-0.4, -0.2) is 6.18 Å². The average molecular weight is 306 g/mol. The maximum atomic E-state index is 13.0. The van der Waals surface area contributed by atoms with Crippen LogP contribution in [0.4, 0.5) is 13.2 Å². The first-order chi connectivity index (χ1) is 10.1. The minimum absolute atomic E-state index is 0.0103. The standard InChI is InChI=1S/C19H21F3/c1-13-9-14(2)11-17(10-13)16-7-5-15(6-8-16)12-18(3,4)19(20,21)22/h5-11H,12H2,1-4H3. The Bertz CT molecular complexity index is 629. The third-order valence-electron chi connectivity index (χ3n) is 3.92. The molecule has 0 fully saturated rings. The van der Waals surface area contributed by atoms with E-state index in [9.17, 15) is 13.2 Å². The fourth-order valence-corrected chi connectivity index (χ4v) is 2.57. The van der Waals surface area contributed by atoms with Gasteiger partial charge in [0.2, 0.25) is 0 Å². The van der Waals surface area contributed by atoms with Crippen LogP contribution in [0.3, 0.4) is 0 Å². The molecule has 0 atom stereocenters. The molecule has 22 heavy (non-hydrogen) atoms. The van der Waals surface area contributed by atoms with Crippen LogP contribution in [0.15, 0.2) is 42.5 Å². The molecule has 0 nitrogen and oxygen atoms in total. The molecule has 0 aliphatic carbocycles. The summed E-state index contributed by atoms with van der Waals surface area (Å²) in [6.07, 6.45) is -4.21. The Morgan fingerprint density at radius 3 is 1.73 bits per heavy atom. The number of aryl methyl sites for hydroxylation is 2. The summed E-state index contributed by atoms with van der Waals surface area (Å²) >= 11 is 0. The second-order valence-corrected chi connectivity index (χ2v) is 6.63. The molecular weight excluding hydrogens is 285 g/mol. The zero-order valence-corrected chi connectivity index (χ0v) is 13.4. The number of benzene rings is 2. The van der Waals surface area contributed by atoms with E-state index < -0.39 is 11.6 Å². The molecule has 0 saturated carbocycles. The first-order valence-corrected chi connectivity index (χ1v) is 7.33. The number of hydrogen-bond donors (Lipinski definition) is 0. The van der Waals surface area contributed by atoms with E-state index in [2.05, 4.69) is 18.2 Å². The van der Waals surface area contributed by atoms with Crippen LogP contribution in [0.1, 0.15) is 30.5 Å². The Hall–Kier alpha value is -1.77. The van der Waals surface area contributed by atoms with Crippen LogP contribution >= 0.6 is 0 Å². The van der Waals surface area contributed by atoms with E-state index in [0.717, 1.165) is 11.1 Å². The van der Waals surface area contributed by atoms with Gasteiger partial charge in [-0.1, -0.05) is 67.4 Å². The molecular formula is C19H21F3. The lowest BCUT2D eigenvalue weighted by Gasteiger charge is -2.27. The maximum Gasteiger partial charge on any atom is 0.394 e. The molecule has 0 unspecified atom stereocenters. The van der Waals surface area contributed by atoms with Crippen LogP contribution in [0, 0.1) is 19.3 Å². The van der Waals surface area contributed by atoms with Gasteiger partial charge in [-0.3, -0.25) is 0 Å². The molecule has 0 amide bonds. The van der Waals surface area contributed by atoms with Crippen molar-refractivity contribution in [2.24, 2.45) is 5.41 Å². The number of hydrogen-bond acceptors (Lipinski definition) is 0. The van der Waals surface area contributed by atoms with E-state index in [1.807, 2.05) is 26.0 Å². The van der Waals surface area contributed by atoms with E-state index in [-0.39, 0.29) is 6.42 Å². The van der Waals surface area contributed by atoms with Crippen molar-refractivity contribution in [2.45, 2.75) is 40.3 Å². The van der Waals surface area contributed by atoms with Gasteiger partial charge in [0, 0.05) is 0 Å². The van der Waals surface area contributed by atoms with Crippen molar-refractivity contribution in [3.63, 3.8) is 0 Å². The van der Waals surface area contributed by atoms with Gasteiger partial charge >= 0.3 is 6.18 Å². The Morgan fingerprint density at radius 2 is 1.27 bits per heavy atom. The molecule has 0 N–H and O–H groups in total. The van der Waals surface area contributed by atoms with E-state index in [1.165, 1.54) is 25.0 Å². The van der Waals surface area contributed by atoms with Crippen molar-refractivity contribution in [1.29, 1.82) is 0 Å². The minimum Gasteiger partial charge on any atom is -0.171 e. The zero-order valence-electron chi connectivity index (χ0n) is 13.4. The van der Waals surface area contributed by atoms with Gasteiger partial charge in [0.05, 0.1) is 5.41 Å². The average Bonchev–Trinajstić information content (AvgIpc) is 2.36. The van der Waals surface area contributed by atoms with Crippen molar-refractivity contribution < 1.29 is 13.2 Å². The van der Waals surface area contributed by atoms with Gasteiger partial charge in [0.1, 0.15) is 0 Å². The van der Waals surface area contributed by atoms with Crippen LogP contribution < -0.4 is 0 Å². The molecule has 0 spiro atoms. The first-order valence-electron chi connectivity index (χ1n) is 7.33. The highest BCUT2D eigenvalue weighted by molar-refractivity contribution is 5.65. The molecule has 2 aromatic carbocycles. The predicted molar refractivity (Wildman–Crippen MR) is 84.9 cm³/mol. The van der Waals surface area contributed by atoms with Crippen molar-refractivity contribution >= 4 is 0 Å². The summed E-state index contributed by atoms with van der Waals surface area (Å²) < 4.78 is 38.9.